The molecule has 1 aliphatic rings. The van der Waals surface area contributed by atoms with Crippen LogP contribution in [0.3, 0.4) is 0 Å². The van der Waals surface area contributed by atoms with Gasteiger partial charge in [0.25, 0.3) is 0 Å². The van der Waals surface area contributed by atoms with Gasteiger partial charge in [-0.1, -0.05) is 23.7 Å². The van der Waals surface area contributed by atoms with E-state index in [1.54, 1.807) is 39.0 Å². The minimum absolute atomic E-state index is 0.0856. The number of nitrogens with zero attached hydrogens (tertiary/aromatic N) is 1. The lowest BCUT2D eigenvalue weighted by molar-refractivity contribution is 0.0247. The van der Waals surface area contributed by atoms with Gasteiger partial charge in [0.15, 0.2) is 9.84 Å². The normalized spacial score (nSPS) is 17.8. The molecule has 1 heterocycles. The van der Waals surface area contributed by atoms with Gasteiger partial charge >= 0.3 is 6.09 Å². The first-order valence-corrected chi connectivity index (χ1v) is 8.61. The van der Waals surface area contributed by atoms with Gasteiger partial charge in [0.05, 0.1) is 22.2 Å². The quantitative estimate of drug-likeness (QED) is 0.733. The Kier molecular flexibility index (Phi) is 4.22. The zero-order chi connectivity index (χ0) is 15.8. The lowest BCUT2D eigenvalue weighted by Crippen LogP contribution is -2.37. The maximum absolute atomic E-state index is 12.3. The standard InChI is InChI=1S/C14H18ClNO4S/c1-14(2,3)20-13(17)16-7-8-21(18,19)12-10(9-16)5-4-6-11(12)15/h4-6H,7-9H2,1-3H3. The van der Waals surface area contributed by atoms with Crippen molar-refractivity contribution in [1.82, 2.24) is 4.90 Å². The molecule has 1 aromatic carbocycles. The Morgan fingerprint density at radius 1 is 1.33 bits per heavy atom. The average Bonchev–Trinajstić information content (AvgIpc) is 2.44. The van der Waals surface area contributed by atoms with Crippen LogP contribution in [0.5, 0.6) is 0 Å². The van der Waals surface area contributed by atoms with Crippen LogP contribution in [0.15, 0.2) is 23.1 Å². The summed E-state index contributed by atoms with van der Waals surface area (Å²) in [6, 6.07) is 4.89. The first-order chi connectivity index (χ1) is 9.60. The third-order valence-electron chi connectivity index (χ3n) is 3.00. The molecule has 0 atom stereocenters. The molecule has 0 saturated carbocycles. The van der Waals surface area contributed by atoms with E-state index in [-0.39, 0.29) is 28.8 Å². The molecule has 1 aliphatic heterocycles. The van der Waals surface area contributed by atoms with Gasteiger partial charge < -0.3 is 9.64 Å². The van der Waals surface area contributed by atoms with Crippen LogP contribution < -0.4 is 0 Å². The molecule has 1 aromatic rings. The molecule has 0 unspecified atom stereocenters. The van der Waals surface area contributed by atoms with E-state index in [1.165, 1.54) is 4.90 Å². The molecule has 5 nitrogen and oxygen atoms in total. The second-order valence-electron chi connectivity index (χ2n) is 5.95. The third kappa shape index (κ3) is 3.68. The summed E-state index contributed by atoms with van der Waals surface area (Å²) in [5.41, 5.74) is -0.106. The number of sulfone groups is 1. The first-order valence-electron chi connectivity index (χ1n) is 6.58. The number of carbonyl (C=O) groups is 1. The summed E-state index contributed by atoms with van der Waals surface area (Å²) in [7, 11) is -3.50. The lowest BCUT2D eigenvalue weighted by Gasteiger charge is -2.26. The van der Waals surface area contributed by atoms with Crippen molar-refractivity contribution >= 4 is 27.5 Å². The fourth-order valence-electron chi connectivity index (χ4n) is 2.13. The van der Waals surface area contributed by atoms with Crippen LogP contribution >= 0.6 is 11.6 Å². The van der Waals surface area contributed by atoms with Gasteiger partial charge in [-0.25, -0.2) is 13.2 Å². The van der Waals surface area contributed by atoms with Crippen LogP contribution in [0.25, 0.3) is 0 Å². The number of hydrogen-bond acceptors (Lipinski definition) is 4. The van der Waals surface area contributed by atoms with Crippen molar-refractivity contribution in [1.29, 1.82) is 0 Å². The Morgan fingerprint density at radius 2 is 2.00 bits per heavy atom. The summed E-state index contributed by atoms with van der Waals surface area (Å²) in [6.45, 7) is 5.56. The van der Waals surface area contributed by atoms with Gasteiger partial charge in [-0.05, 0) is 32.4 Å². The number of carbonyl (C=O) groups excluding carboxylic acids is 1. The maximum Gasteiger partial charge on any atom is 0.410 e. The minimum Gasteiger partial charge on any atom is -0.444 e. The third-order valence-corrected chi connectivity index (χ3v) is 5.25. The Balaban J connectivity index is 2.36. The monoisotopic (exact) mass is 331 g/mol. The van der Waals surface area contributed by atoms with Gasteiger partial charge in [-0.15, -0.1) is 0 Å². The number of hydrogen-bond donors (Lipinski definition) is 0. The Hall–Kier alpha value is -1.27. The van der Waals surface area contributed by atoms with Crippen LogP contribution in [0.2, 0.25) is 5.02 Å². The molecule has 21 heavy (non-hydrogen) atoms. The van der Waals surface area contributed by atoms with Crippen molar-refractivity contribution in [2.75, 3.05) is 12.3 Å². The molecule has 7 heteroatoms. The van der Waals surface area contributed by atoms with Gasteiger partial charge in [0.2, 0.25) is 0 Å². The second kappa shape index (κ2) is 5.50. The van der Waals surface area contributed by atoms with Crippen molar-refractivity contribution in [3.05, 3.63) is 28.8 Å². The van der Waals surface area contributed by atoms with Gasteiger partial charge in [0.1, 0.15) is 5.60 Å². The van der Waals surface area contributed by atoms with Crippen molar-refractivity contribution in [2.45, 2.75) is 37.8 Å². The van der Waals surface area contributed by atoms with E-state index in [1.807, 2.05) is 0 Å². The maximum atomic E-state index is 12.3. The Labute approximate surface area is 129 Å². The molecule has 0 N–H and O–H groups in total. The predicted molar refractivity (Wildman–Crippen MR) is 80.1 cm³/mol. The molecule has 0 fully saturated rings. The van der Waals surface area contributed by atoms with Crippen LogP contribution in [-0.2, 0) is 21.1 Å². The number of fused-ring (bicyclic) bond motifs is 1. The molecule has 116 valence electrons. The smallest absolute Gasteiger partial charge is 0.410 e. The number of ether oxygens (including phenoxy) is 1. The summed E-state index contributed by atoms with van der Waals surface area (Å²) in [5.74, 6) is -0.164. The molecule has 2 rings (SSSR count). The molecule has 0 aliphatic carbocycles. The number of rotatable bonds is 0. The molecule has 0 spiro atoms. The SMILES string of the molecule is CC(C)(C)OC(=O)N1CCS(=O)(=O)c2c(Cl)cccc2C1. The van der Waals surface area contributed by atoms with E-state index in [4.69, 9.17) is 16.3 Å². The fraction of sp³-hybridized carbons (Fsp3) is 0.500. The van der Waals surface area contributed by atoms with Crippen molar-refractivity contribution in [2.24, 2.45) is 0 Å². The summed E-state index contributed by atoms with van der Waals surface area (Å²) in [4.78, 5) is 13.7. The number of halogens is 1. The van der Waals surface area contributed by atoms with Crippen molar-refractivity contribution < 1.29 is 17.9 Å². The number of benzene rings is 1. The molecular formula is C14H18ClNO4S. The molecule has 0 radical (unpaired) electrons. The van der Waals surface area contributed by atoms with Crippen LogP contribution in [0.4, 0.5) is 4.79 Å². The van der Waals surface area contributed by atoms with Crippen molar-refractivity contribution in [3.63, 3.8) is 0 Å². The zero-order valence-corrected chi connectivity index (χ0v) is 13.8. The van der Waals surface area contributed by atoms with E-state index in [0.29, 0.717) is 5.56 Å². The van der Waals surface area contributed by atoms with Gasteiger partial charge in [0, 0.05) is 6.54 Å². The Bertz CT molecular complexity index is 664. The Morgan fingerprint density at radius 3 is 2.62 bits per heavy atom. The van der Waals surface area contributed by atoms with Crippen molar-refractivity contribution in [3.8, 4) is 0 Å². The van der Waals surface area contributed by atoms with E-state index in [9.17, 15) is 13.2 Å². The molecule has 0 aromatic heterocycles. The zero-order valence-electron chi connectivity index (χ0n) is 12.2. The highest BCUT2D eigenvalue weighted by Crippen LogP contribution is 2.30. The minimum atomic E-state index is -3.50. The molecule has 1 amide bonds. The summed E-state index contributed by atoms with van der Waals surface area (Å²) in [6.07, 6.45) is -0.523. The molecular weight excluding hydrogens is 314 g/mol. The first kappa shape index (κ1) is 16.1. The van der Waals surface area contributed by atoms with E-state index >= 15 is 0 Å². The highest BCUT2D eigenvalue weighted by atomic mass is 35.5. The molecule has 0 bridgehead atoms. The summed E-state index contributed by atoms with van der Waals surface area (Å²) >= 11 is 6.02. The molecule has 0 saturated heterocycles. The summed E-state index contributed by atoms with van der Waals surface area (Å²) < 4.78 is 29.9. The highest BCUT2D eigenvalue weighted by molar-refractivity contribution is 7.91. The predicted octanol–water partition coefficient (Wildman–Crippen LogP) is 2.86. The largest absolute Gasteiger partial charge is 0.444 e. The van der Waals surface area contributed by atoms with Crippen LogP contribution in [-0.4, -0.2) is 37.3 Å². The summed E-state index contributed by atoms with van der Waals surface area (Å²) in [5, 5.41) is 0.193. The second-order valence-corrected chi connectivity index (χ2v) is 8.40. The van der Waals surface area contributed by atoms with Gasteiger partial charge in [-0.3, -0.25) is 0 Å². The highest BCUT2D eigenvalue weighted by Gasteiger charge is 2.31. The fourth-order valence-corrected chi connectivity index (χ4v) is 4.23. The van der Waals surface area contributed by atoms with E-state index in [2.05, 4.69) is 0 Å². The van der Waals surface area contributed by atoms with Gasteiger partial charge in [-0.2, -0.15) is 0 Å². The van der Waals surface area contributed by atoms with Crippen LogP contribution in [0, 0.1) is 0 Å². The lowest BCUT2D eigenvalue weighted by atomic mass is 10.2. The number of amides is 1. The van der Waals surface area contributed by atoms with Crippen LogP contribution in [0.1, 0.15) is 26.3 Å². The van der Waals surface area contributed by atoms with E-state index in [0.717, 1.165) is 0 Å². The average molecular weight is 332 g/mol. The topological polar surface area (TPSA) is 63.7 Å². The van der Waals surface area contributed by atoms with E-state index < -0.39 is 21.5 Å².